The molecule has 1 aromatic carbocycles. The van der Waals surface area contributed by atoms with Crippen LogP contribution in [0.15, 0.2) is 18.2 Å². The summed E-state index contributed by atoms with van der Waals surface area (Å²) in [6.07, 6.45) is -2.26. The first-order chi connectivity index (χ1) is 9.90. The molecule has 0 bridgehead atoms. The van der Waals surface area contributed by atoms with Gasteiger partial charge in [0, 0.05) is 12.8 Å². The van der Waals surface area contributed by atoms with Gasteiger partial charge in [0.05, 0.1) is 12.2 Å². The second-order valence-corrected chi connectivity index (χ2v) is 4.91. The summed E-state index contributed by atoms with van der Waals surface area (Å²) in [4.78, 5) is 0. The van der Waals surface area contributed by atoms with Crippen LogP contribution in [0.3, 0.4) is 0 Å². The number of alkyl halides is 3. The van der Waals surface area contributed by atoms with Crippen molar-refractivity contribution in [2.24, 2.45) is 0 Å². The summed E-state index contributed by atoms with van der Waals surface area (Å²) in [6, 6.07) is 3.67. The molecular weight excluding hydrogens is 277 g/mol. The number of hydrogen-bond donors (Lipinski definition) is 0. The highest BCUT2D eigenvalue weighted by Gasteiger charge is 2.31. The van der Waals surface area contributed by atoms with Crippen molar-refractivity contribution in [1.29, 1.82) is 0 Å². The SMILES string of the molecule is CCC#CCC(C)c1cc(C(F)(F)F)ccc1OCCC. The van der Waals surface area contributed by atoms with Gasteiger partial charge in [-0.05, 0) is 36.1 Å². The zero-order valence-electron chi connectivity index (χ0n) is 12.7. The monoisotopic (exact) mass is 298 g/mol. The summed E-state index contributed by atoms with van der Waals surface area (Å²) in [5, 5.41) is 0. The van der Waals surface area contributed by atoms with Crippen molar-refractivity contribution in [3.63, 3.8) is 0 Å². The van der Waals surface area contributed by atoms with Crippen LogP contribution in [0.2, 0.25) is 0 Å². The minimum absolute atomic E-state index is 0.0989. The Labute approximate surface area is 124 Å². The Morgan fingerprint density at radius 1 is 1.19 bits per heavy atom. The molecule has 0 heterocycles. The van der Waals surface area contributed by atoms with Crippen LogP contribution in [0, 0.1) is 11.8 Å². The van der Waals surface area contributed by atoms with Gasteiger partial charge in [0.25, 0.3) is 0 Å². The largest absolute Gasteiger partial charge is 0.493 e. The summed E-state index contributed by atoms with van der Waals surface area (Å²) in [6.45, 7) is 6.27. The van der Waals surface area contributed by atoms with Crippen LogP contribution in [0.4, 0.5) is 13.2 Å². The Morgan fingerprint density at radius 2 is 1.90 bits per heavy atom. The number of rotatable bonds is 5. The molecule has 116 valence electrons. The molecule has 0 aliphatic carbocycles. The van der Waals surface area contributed by atoms with Gasteiger partial charge in [-0.15, -0.1) is 11.8 Å². The van der Waals surface area contributed by atoms with E-state index in [0.29, 0.717) is 24.3 Å². The van der Waals surface area contributed by atoms with Gasteiger partial charge in [0.2, 0.25) is 0 Å². The first-order valence-corrected chi connectivity index (χ1v) is 7.19. The van der Waals surface area contributed by atoms with Crippen molar-refractivity contribution in [2.75, 3.05) is 6.61 Å². The van der Waals surface area contributed by atoms with Gasteiger partial charge in [0.1, 0.15) is 5.75 Å². The van der Waals surface area contributed by atoms with E-state index in [2.05, 4.69) is 11.8 Å². The number of benzene rings is 1. The van der Waals surface area contributed by atoms with Gasteiger partial charge in [-0.3, -0.25) is 0 Å². The van der Waals surface area contributed by atoms with Crippen LogP contribution in [-0.2, 0) is 6.18 Å². The number of ether oxygens (including phenoxy) is 1. The molecule has 4 heteroatoms. The van der Waals surface area contributed by atoms with Gasteiger partial charge in [-0.2, -0.15) is 13.2 Å². The molecule has 1 rings (SSSR count). The normalized spacial score (nSPS) is 12.5. The maximum atomic E-state index is 12.9. The van der Waals surface area contributed by atoms with E-state index in [0.717, 1.165) is 18.9 Å². The van der Waals surface area contributed by atoms with E-state index >= 15 is 0 Å². The average Bonchev–Trinajstić information content (AvgIpc) is 2.44. The third kappa shape index (κ3) is 5.34. The molecule has 0 saturated heterocycles. The molecular formula is C17H21F3O. The Hall–Kier alpha value is -1.63. The second-order valence-electron chi connectivity index (χ2n) is 4.91. The summed E-state index contributed by atoms with van der Waals surface area (Å²) in [7, 11) is 0. The molecule has 1 unspecified atom stereocenters. The average molecular weight is 298 g/mol. The predicted octanol–water partition coefficient (Wildman–Crippen LogP) is 5.40. The fourth-order valence-electron chi connectivity index (χ4n) is 1.91. The van der Waals surface area contributed by atoms with Crippen LogP contribution in [0.5, 0.6) is 5.75 Å². The van der Waals surface area contributed by atoms with Crippen molar-refractivity contribution in [2.45, 2.75) is 52.1 Å². The van der Waals surface area contributed by atoms with Crippen molar-refractivity contribution in [3.05, 3.63) is 29.3 Å². The Kier molecular flexibility index (Phi) is 6.61. The molecule has 21 heavy (non-hydrogen) atoms. The standard InChI is InChI=1S/C17H21F3O/c1-4-6-7-8-13(3)15-12-14(17(18,19)20)9-10-16(15)21-11-5-2/h9-10,12-13H,4-5,8,11H2,1-3H3. The van der Waals surface area contributed by atoms with Crippen molar-refractivity contribution < 1.29 is 17.9 Å². The van der Waals surface area contributed by atoms with Crippen LogP contribution in [0.1, 0.15) is 57.1 Å². The minimum atomic E-state index is -4.34. The van der Waals surface area contributed by atoms with Gasteiger partial charge in [0.15, 0.2) is 0 Å². The fraction of sp³-hybridized carbons (Fsp3) is 0.529. The lowest BCUT2D eigenvalue weighted by Crippen LogP contribution is -2.08. The van der Waals surface area contributed by atoms with Crippen molar-refractivity contribution in [3.8, 4) is 17.6 Å². The van der Waals surface area contributed by atoms with Gasteiger partial charge in [-0.25, -0.2) is 0 Å². The van der Waals surface area contributed by atoms with Crippen LogP contribution >= 0.6 is 0 Å². The highest BCUT2D eigenvalue weighted by molar-refractivity contribution is 5.41. The van der Waals surface area contributed by atoms with E-state index in [9.17, 15) is 13.2 Å². The Morgan fingerprint density at radius 3 is 2.48 bits per heavy atom. The van der Waals surface area contributed by atoms with Crippen LogP contribution in [-0.4, -0.2) is 6.61 Å². The molecule has 0 radical (unpaired) electrons. The second kappa shape index (κ2) is 7.97. The summed E-state index contributed by atoms with van der Waals surface area (Å²) in [5.74, 6) is 6.36. The Bertz CT molecular complexity index is 509. The molecule has 0 fully saturated rings. The third-order valence-electron chi connectivity index (χ3n) is 3.04. The van der Waals surface area contributed by atoms with E-state index in [-0.39, 0.29) is 5.92 Å². The maximum Gasteiger partial charge on any atom is 0.416 e. The number of halogens is 3. The maximum absolute atomic E-state index is 12.9. The molecule has 0 N–H and O–H groups in total. The molecule has 1 aromatic rings. The lowest BCUT2D eigenvalue weighted by molar-refractivity contribution is -0.137. The van der Waals surface area contributed by atoms with Gasteiger partial charge >= 0.3 is 6.18 Å². The molecule has 0 aromatic heterocycles. The molecule has 0 amide bonds. The highest BCUT2D eigenvalue weighted by Crippen LogP contribution is 2.36. The molecule has 1 nitrogen and oxygen atoms in total. The molecule has 0 saturated carbocycles. The molecule has 0 aliphatic rings. The first-order valence-electron chi connectivity index (χ1n) is 7.19. The quantitative estimate of drug-likeness (QED) is 0.661. The first kappa shape index (κ1) is 17.4. The zero-order valence-corrected chi connectivity index (χ0v) is 12.7. The van der Waals surface area contributed by atoms with E-state index in [1.54, 1.807) is 0 Å². The lowest BCUT2D eigenvalue weighted by Gasteiger charge is -2.17. The van der Waals surface area contributed by atoms with Gasteiger partial charge in [-0.1, -0.05) is 20.8 Å². The summed E-state index contributed by atoms with van der Waals surface area (Å²) >= 11 is 0. The molecule has 0 spiro atoms. The van der Waals surface area contributed by atoms with Gasteiger partial charge < -0.3 is 4.74 Å². The highest BCUT2D eigenvalue weighted by atomic mass is 19.4. The fourth-order valence-corrected chi connectivity index (χ4v) is 1.91. The van der Waals surface area contributed by atoms with Crippen molar-refractivity contribution in [1.82, 2.24) is 0 Å². The van der Waals surface area contributed by atoms with E-state index in [1.807, 2.05) is 20.8 Å². The number of hydrogen-bond acceptors (Lipinski definition) is 1. The third-order valence-corrected chi connectivity index (χ3v) is 3.04. The summed E-state index contributed by atoms with van der Waals surface area (Å²) in [5.41, 5.74) is -0.0691. The van der Waals surface area contributed by atoms with Crippen LogP contribution < -0.4 is 4.74 Å². The predicted molar refractivity (Wildman–Crippen MR) is 78.3 cm³/mol. The Balaban J connectivity index is 3.09. The molecule has 1 atom stereocenters. The van der Waals surface area contributed by atoms with E-state index in [1.165, 1.54) is 12.1 Å². The van der Waals surface area contributed by atoms with Crippen molar-refractivity contribution >= 4 is 0 Å². The topological polar surface area (TPSA) is 9.23 Å². The smallest absolute Gasteiger partial charge is 0.416 e. The molecule has 0 aliphatic heterocycles. The van der Waals surface area contributed by atoms with E-state index < -0.39 is 11.7 Å². The van der Waals surface area contributed by atoms with E-state index in [4.69, 9.17) is 4.74 Å². The summed E-state index contributed by atoms with van der Waals surface area (Å²) < 4.78 is 44.1. The zero-order chi connectivity index (χ0) is 15.9. The van der Waals surface area contributed by atoms with Crippen LogP contribution in [0.25, 0.3) is 0 Å². The lowest BCUT2D eigenvalue weighted by atomic mass is 9.95. The minimum Gasteiger partial charge on any atom is -0.493 e.